The zero-order chi connectivity index (χ0) is 27.8. The number of hydrogen-bond acceptors (Lipinski definition) is 4. The van der Waals surface area contributed by atoms with Gasteiger partial charge in [-0.25, -0.2) is 0 Å². The van der Waals surface area contributed by atoms with Crippen molar-refractivity contribution in [3.63, 3.8) is 0 Å². The van der Waals surface area contributed by atoms with Gasteiger partial charge < -0.3 is 8.83 Å². The number of furan rings is 2. The molecule has 0 unspecified atom stereocenters. The number of benzene rings is 4. The summed E-state index contributed by atoms with van der Waals surface area (Å²) in [4.78, 5) is 8.99. The van der Waals surface area contributed by atoms with Crippen LogP contribution in [0.3, 0.4) is 0 Å². The molecule has 4 aromatic carbocycles. The van der Waals surface area contributed by atoms with E-state index in [0.717, 1.165) is 72.8 Å². The van der Waals surface area contributed by atoms with Crippen LogP contribution in [0.5, 0.6) is 0 Å². The van der Waals surface area contributed by atoms with Crippen LogP contribution in [0.25, 0.3) is 66.4 Å². The summed E-state index contributed by atoms with van der Waals surface area (Å²) < 4.78 is 12.1. The Bertz CT molecular complexity index is 2170. The maximum absolute atomic E-state index is 6.07. The second-order valence-electron chi connectivity index (χ2n) is 10.2. The fourth-order valence-electron chi connectivity index (χ4n) is 5.42. The minimum absolute atomic E-state index is 0.909. The van der Waals surface area contributed by atoms with Crippen LogP contribution in [0.2, 0.25) is 0 Å². The Morgan fingerprint density at radius 2 is 1.05 bits per heavy atom. The molecule has 0 spiro atoms. The molecular weight excluding hydrogens is 504 g/mol. The van der Waals surface area contributed by atoms with Crippen LogP contribution in [0.15, 0.2) is 130 Å². The molecule has 0 atom stereocenters. The van der Waals surface area contributed by atoms with Crippen LogP contribution in [-0.2, 0) is 6.42 Å². The van der Waals surface area contributed by atoms with Crippen molar-refractivity contribution in [3.8, 4) is 22.5 Å². The minimum atomic E-state index is 0.909. The lowest BCUT2D eigenvalue weighted by Crippen LogP contribution is -1.87. The number of hydrogen-bond donors (Lipinski definition) is 0. The lowest BCUT2D eigenvalue weighted by Gasteiger charge is -2.03. The van der Waals surface area contributed by atoms with Gasteiger partial charge in [0.1, 0.15) is 22.3 Å². The van der Waals surface area contributed by atoms with Gasteiger partial charge in [0.05, 0.1) is 11.4 Å². The zero-order valence-electron chi connectivity index (χ0n) is 23.0. The molecule has 4 heteroatoms. The van der Waals surface area contributed by atoms with Gasteiger partial charge in [-0.05, 0) is 73.0 Å². The monoisotopic (exact) mass is 532 g/mol. The summed E-state index contributed by atoms with van der Waals surface area (Å²) in [5.41, 5.74) is 10.2. The van der Waals surface area contributed by atoms with Gasteiger partial charge in [-0.3, -0.25) is 9.97 Å². The van der Waals surface area contributed by atoms with E-state index in [4.69, 9.17) is 8.83 Å². The third-order valence-corrected chi connectivity index (χ3v) is 7.51. The zero-order valence-corrected chi connectivity index (χ0v) is 23.0. The van der Waals surface area contributed by atoms with Crippen molar-refractivity contribution in [2.75, 3.05) is 0 Å². The Balaban J connectivity index is 0.000000135. The van der Waals surface area contributed by atoms with Crippen LogP contribution in [-0.4, -0.2) is 9.97 Å². The smallest absolute Gasteiger partial charge is 0.144 e. The van der Waals surface area contributed by atoms with Gasteiger partial charge in [0.25, 0.3) is 0 Å². The van der Waals surface area contributed by atoms with Crippen molar-refractivity contribution in [2.45, 2.75) is 20.3 Å². The van der Waals surface area contributed by atoms with E-state index in [1.54, 1.807) is 0 Å². The number of pyridine rings is 2. The Kier molecular flexibility index (Phi) is 6.29. The van der Waals surface area contributed by atoms with E-state index in [1.807, 2.05) is 54.9 Å². The molecule has 0 fully saturated rings. The molecule has 0 saturated heterocycles. The molecule has 8 rings (SSSR count). The van der Waals surface area contributed by atoms with E-state index in [-0.39, 0.29) is 0 Å². The van der Waals surface area contributed by atoms with Gasteiger partial charge in [0.15, 0.2) is 0 Å². The predicted molar refractivity (Wildman–Crippen MR) is 168 cm³/mol. The van der Waals surface area contributed by atoms with Crippen molar-refractivity contribution < 1.29 is 8.83 Å². The van der Waals surface area contributed by atoms with Gasteiger partial charge in [0, 0.05) is 45.1 Å². The van der Waals surface area contributed by atoms with E-state index in [9.17, 15) is 0 Å². The maximum atomic E-state index is 6.07. The highest BCUT2D eigenvalue weighted by Gasteiger charge is 2.13. The highest BCUT2D eigenvalue weighted by atomic mass is 16.3. The Morgan fingerprint density at radius 1 is 0.537 bits per heavy atom. The van der Waals surface area contributed by atoms with E-state index < -0.39 is 0 Å². The molecule has 0 N–H and O–H groups in total. The van der Waals surface area contributed by atoms with Crippen molar-refractivity contribution in [1.29, 1.82) is 0 Å². The van der Waals surface area contributed by atoms with Crippen molar-refractivity contribution in [2.24, 2.45) is 0 Å². The first-order valence-electron chi connectivity index (χ1n) is 13.9. The van der Waals surface area contributed by atoms with E-state index >= 15 is 0 Å². The molecular formula is C37H28N2O2. The first-order valence-corrected chi connectivity index (χ1v) is 13.9. The normalized spacial score (nSPS) is 11.3. The average Bonchev–Trinajstić information content (AvgIpc) is 3.60. The average molecular weight is 533 g/mol. The Morgan fingerprint density at radius 3 is 1.61 bits per heavy atom. The van der Waals surface area contributed by atoms with Crippen molar-refractivity contribution >= 4 is 43.9 Å². The molecule has 0 radical (unpaired) electrons. The maximum Gasteiger partial charge on any atom is 0.144 e. The van der Waals surface area contributed by atoms with Crippen LogP contribution < -0.4 is 0 Å². The third kappa shape index (κ3) is 4.53. The van der Waals surface area contributed by atoms with Crippen LogP contribution in [0, 0.1) is 6.92 Å². The summed E-state index contributed by atoms with van der Waals surface area (Å²) in [7, 11) is 0. The van der Waals surface area contributed by atoms with Crippen molar-refractivity contribution in [3.05, 3.63) is 133 Å². The fourth-order valence-corrected chi connectivity index (χ4v) is 5.42. The number of nitrogens with zero attached hydrogens (tertiary/aromatic N) is 2. The molecule has 0 aliphatic heterocycles. The van der Waals surface area contributed by atoms with Gasteiger partial charge in [-0.1, -0.05) is 67.6 Å². The standard InChI is InChI=1S/C19H15NO.C18H13NO/c1-2-13-10-11-20-17(12-13)16-8-5-7-15-14-6-3-4-9-18(14)21-19(15)16;1-12-9-10-19-16(11-12)15-7-4-6-14-13-5-2-3-8-17(13)20-18(14)15/h3-12H,2H2,1H3;2-11H,1H3. The molecule has 41 heavy (non-hydrogen) atoms. The van der Waals surface area contributed by atoms with E-state index in [0.29, 0.717) is 0 Å². The van der Waals surface area contributed by atoms with Crippen molar-refractivity contribution in [1.82, 2.24) is 9.97 Å². The van der Waals surface area contributed by atoms with Gasteiger partial charge >= 0.3 is 0 Å². The molecule has 4 heterocycles. The van der Waals surface area contributed by atoms with E-state index in [1.165, 1.54) is 11.1 Å². The second-order valence-corrected chi connectivity index (χ2v) is 10.2. The van der Waals surface area contributed by atoms with Gasteiger partial charge in [0.2, 0.25) is 0 Å². The lowest BCUT2D eigenvalue weighted by molar-refractivity contribution is 0.669. The summed E-state index contributed by atoms with van der Waals surface area (Å²) in [5.74, 6) is 0. The third-order valence-electron chi connectivity index (χ3n) is 7.51. The first kappa shape index (κ1) is 24.8. The highest BCUT2D eigenvalue weighted by Crippen LogP contribution is 2.36. The summed E-state index contributed by atoms with van der Waals surface area (Å²) in [6.07, 6.45) is 4.72. The molecule has 4 nitrogen and oxygen atoms in total. The molecule has 4 aromatic heterocycles. The topological polar surface area (TPSA) is 52.1 Å². The molecule has 0 saturated carbocycles. The van der Waals surface area contributed by atoms with Crippen LogP contribution in [0.1, 0.15) is 18.1 Å². The summed E-state index contributed by atoms with van der Waals surface area (Å²) in [6, 6.07) is 37.0. The summed E-state index contributed by atoms with van der Waals surface area (Å²) >= 11 is 0. The Labute approximate surface area is 237 Å². The lowest BCUT2D eigenvalue weighted by atomic mass is 10.0. The molecule has 198 valence electrons. The summed E-state index contributed by atoms with van der Waals surface area (Å²) in [6.45, 7) is 4.23. The van der Waals surface area contributed by atoms with Crippen LogP contribution in [0.4, 0.5) is 0 Å². The van der Waals surface area contributed by atoms with E-state index in [2.05, 4.69) is 90.5 Å². The second kappa shape index (κ2) is 10.4. The first-order chi connectivity index (χ1) is 20.2. The number of aromatic nitrogens is 2. The predicted octanol–water partition coefficient (Wildman–Crippen LogP) is 10.2. The number of para-hydroxylation sites is 4. The van der Waals surface area contributed by atoms with Gasteiger partial charge in [-0.2, -0.15) is 0 Å². The number of aryl methyl sites for hydroxylation is 2. The van der Waals surface area contributed by atoms with Crippen LogP contribution >= 0.6 is 0 Å². The molecule has 0 aliphatic rings. The number of fused-ring (bicyclic) bond motifs is 6. The molecule has 8 aromatic rings. The molecule has 0 aliphatic carbocycles. The largest absolute Gasteiger partial charge is 0.455 e. The van der Waals surface area contributed by atoms with Gasteiger partial charge in [-0.15, -0.1) is 0 Å². The fraction of sp³-hybridized carbons (Fsp3) is 0.0811. The number of rotatable bonds is 3. The SMILES string of the molecule is CCc1ccnc(-c2cccc3c2oc2ccccc23)c1.Cc1ccnc(-c2cccc3c2oc2ccccc23)c1. The Hall–Kier alpha value is -5.22. The molecule has 0 bridgehead atoms. The highest BCUT2D eigenvalue weighted by molar-refractivity contribution is 6.10. The quantitative estimate of drug-likeness (QED) is 0.227. The summed E-state index contributed by atoms with van der Waals surface area (Å²) in [5, 5.41) is 4.59. The molecule has 0 amide bonds. The minimum Gasteiger partial charge on any atom is -0.455 e.